The second-order valence-corrected chi connectivity index (χ2v) is 7.84. The number of aryl methyl sites for hydroxylation is 1. The van der Waals surface area contributed by atoms with Gasteiger partial charge in [-0.25, -0.2) is 5.43 Å². The van der Waals surface area contributed by atoms with E-state index in [1.165, 1.54) is 12.3 Å². The lowest BCUT2D eigenvalue weighted by molar-refractivity contribution is -0.136. The van der Waals surface area contributed by atoms with E-state index in [-0.39, 0.29) is 6.61 Å². The Hall–Kier alpha value is -3.88. The minimum absolute atomic E-state index is 0.281. The molecule has 0 spiro atoms. The van der Waals surface area contributed by atoms with Crippen molar-refractivity contribution in [3.63, 3.8) is 0 Å². The van der Waals surface area contributed by atoms with Crippen LogP contribution in [0.3, 0.4) is 0 Å². The number of halogens is 2. The summed E-state index contributed by atoms with van der Waals surface area (Å²) in [6.45, 7) is 1.59. The number of hydrazone groups is 1. The Morgan fingerprint density at radius 2 is 1.65 bits per heavy atom. The number of nitrogens with zero attached hydrogens (tertiary/aromatic N) is 1. The van der Waals surface area contributed by atoms with Crippen LogP contribution in [0.25, 0.3) is 0 Å². The maximum atomic E-state index is 12.2. The molecule has 10 heteroatoms. The van der Waals surface area contributed by atoms with E-state index < -0.39 is 17.7 Å². The molecule has 0 aliphatic rings. The number of hydrogen-bond acceptors (Lipinski definition) is 5. The van der Waals surface area contributed by atoms with Crippen molar-refractivity contribution in [3.05, 3.63) is 87.9 Å². The predicted octanol–water partition coefficient (Wildman–Crippen LogP) is 4.41. The molecular weight excluding hydrogens is 479 g/mol. The average molecular weight is 499 g/mol. The molecule has 0 bridgehead atoms. The van der Waals surface area contributed by atoms with Crippen molar-refractivity contribution >= 4 is 58.5 Å². The lowest BCUT2D eigenvalue weighted by Gasteiger charge is -2.10. The highest BCUT2D eigenvalue weighted by molar-refractivity contribution is 6.42. The van der Waals surface area contributed by atoms with Gasteiger partial charge >= 0.3 is 11.8 Å². The minimum atomic E-state index is -0.933. The summed E-state index contributed by atoms with van der Waals surface area (Å²) in [4.78, 5) is 36.2. The molecule has 0 atom stereocenters. The summed E-state index contributed by atoms with van der Waals surface area (Å²) in [6, 6.07) is 18.5. The predicted molar refractivity (Wildman–Crippen MR) is 133 cm³/mol. The SMILES string of the molecule is Cc1cccc(NC(=O)C(=O)N/N=C\c2ccccc2OCC(=O)Nc2ccc(Cl)c(Cl)c2)c1. The van der Waals surface area contributed by atoms with Crippen LogP contribution in [0, 0.1) is 6.92 Å². The summed E-state index contributed by atoms with van der Waals surface area (Å²) in [6.07, 6.45) is 1.31. The van der Waals surface area contributed by atoms with Crippen molar-refractivity contribution in [1.82, 2.24) is 5.43 Å². The van der Waals surface area contributed by atoms with Crippen molar-refractivity contribution in [1.29, 1.82) is 0 Å². The van der Waals surface area contributed by atoms with Gasteiger partial charge in [0.25, 0.3) is 5.91 Å². The highest BCUT2D eigenvalue weighted by Gasteiger charge is 2.13. The zero-order valence-corrected chi connectivity index (χ0v) is 19.5. The second kappa shape index (κ2) is 11.8. The highest BCUT2D eigenvalue weighted by Crippen LogP contribution is 2.25. The van der Waals surface area contributed by atoms with E-state index >= 15 is 0 Å². The fraction of sp³-hybridized carbons (Fsp3) is 0.0833. The smallest absolute Gasteiger partial charge is 0.329 e. The van der Waals surface area contributed by atoms with E-state index in [9.17, 15) is 14.4 Å². The number of carbonyl (C=O) groups excluding carboxylic acids is 3. The molecule has 3 amide bonds. The molecule has 174 valence electrons. The van der Waals surface area contributed by atoms with Crippen molar-refractivity contribution in [2.24, 2.45) is 5.10 Å². The number of carbonyl (C=O) groups is 3. The van der Waals surface area contributed by atoms with Crippen molar-refractivity contribution in [3.8, 4) is 5.75 Å². The van der Waals surface area contributed by atoms with Gasteiger partial charge in [0.2, 0.25) is 0 Å². The number of benzene rings is 3. The van der Waals surface area contributed by atoms with Gasteiger partial charge in [0.1, 0.15) is 5.75 Å². The molecule has 0 fully saturated rings. The largest absolute Gasteiger partial charge is 0.483 e. The van der Waals surface area contributed by atoms with Gasteiger partial charge in [0, 0.05) is 16.9 Å². The Morgan fingerprint density at radius 1 is 0.882 bits per heavy atom. The van der Waals surface area contributed by atoms with E-state index in [4.69, 9.17) is 27.9 Å². The van der Waals surface area contributed by atoms with Gasteiger partial charge in [0.05, 0.1) is 16.3 Å². The van der Waals surface area contributed by atoms with E-state index in [0.29, 0.717) is 32.7 Å². The summed E-state index contributed by atoms with van der Waals surface area (Å²) in [5, 5.41) is 9.64. The maximum Gasteiger partial charge on any atom is 0.329 e. The molecule has 0 aliphatic carbocycles. The van der Waals surface area contributed by atoms with Crippen molar-refractivity contribution in [2.75, 3.05) is 17.2 Å². The van der Waals surface area contributed by atoms with Crippen LogP contribution in [0.1, 0.15) is 11.1 Å². The van der Waals surface area contributed by atoms with E-state index in [1.807, 2.05) is 13.0 Å². The molecule has 0 saturated carbocycles. The fourth-order valence-corrected chi connectivity index (χ4v) is 3.05. The van der Waals surface area contributed by atoms with Crippen LogP contribution >= 0.6 is 23.2 Å². The van der Waals surface area contributed by atoms with E-state index in [2.05, 4.69) is 21.2 Å². The number of para-hydroxylation sites is 1. The summed E-state index contributed by atoms with van der Waals surface area (Å²) >= 11 is 11.8. The first-order chi connectivity index (χ1) is 16.3. The summed E-state index contributed by atoms with van der Waals surface area (Å²) in [5.74, 6) is -1.84. The topological polar surface area (TPSA) is 109 Å². The van der Waals surface area contributed by atoms with Crippen LogP contribution in [-0.4, -0.2) is 30.5 Å². The van der Waals surface area contributed by atoms with E-state index in [0.717, 1.165) is 5.56 Å². The molecule has 0 radical (unpaired) electrons. The zero-order chi connectivity index (χ0) is 24.5. The Morgan fingerprint density at radius 3 is 2.41 bits per heavy atom. The fourth-order valence-electron chi connectivity index (χ4n) is 2.75. The Balaban J connectivity index is 1.53. The van der Waals surface area contributed by atoms with Crippen LogP contribution in [0.2, 0.25) is 10.0 Å². The van der Waals surface area contributed by atoms with Gasteiger partial charge in [-0.3, -0.25) is 14.4 Å². The van der Waals surface area contributed by atoms with Gasteiger partial charge in [-0.2, -0.15) is 5.10 Å². The lowest BCUT2D eigenvalue weighted by Crippen LogP contribution is -2.32. The Labute approximate surface area is 205 Å². The van der Waals surface area contributed by atoms with Crippen molar-refractivity contribution < 1.29 is 19.1 Å². The second-order valence-electron chi connectivity index (χ2n) is 7.03. The first-order valence-electron chi connectivity index (χ1n) is 9.99. The quantitative estimate of drug-likeness (QED) is 0.254. The molecule has 8 nitrogen and oxygen atoms in total. The highest BCUT2D eigenvalue weighted by atomic mass is 35.5. The average Bonchev–Trinajstić information content (AvgIpc) is 2.80. The van der Waals surface area contributed by atoms with Crippen LogP contribution in [0.5, 0.6) is 5.75 Å². The summed E-state index contributed by atoms with van der Waals surface area (Å²) in [7, 11) is 0. The van der Waals surface area contributed by atoms with Gasteiger partial charge in [-0.15, -0.1) is 0 Å². The first-order valence-corrected chi connectivity index (χ1v) is 10.7. The molecule has 34 heavy (non-hydrogen) atoms. The van der Waals surface area contributed by atoms with Crippen molar-refractivity contribution in [2.45, 2.75) is 6.92 Å². The molecule has 0 aromatic heterocycles. The van der Waals surface area contributed by atoms with Gasteiger partial charge in [0.15, 0.2) is 6.61 Å². The Bertz CT molecular complexity index is 1250. The van der Waals surface area contributed by atoms with Crippen LogP contribution < -0.4 is 20.8 Å². The normalized spacial score (nSPS) is 10.6. The van der Waals surface area contributed by atoms with Crippen LogP contribution in [0.4, 0.5) is 11.4 Å². The molecule has 3 rings (SSSR count). The van der Waals surface area contributed by atoms with Gasteiger partial charge in [-0.1, -0.05) is 47.5 Å². The Kier molecular flexibility index (Phi) is 8.61. The molecule has 0 unspecified atom stereocenters. The number of anilines is 2. The third kappa shape index (κ3) is 7.33. The minimum Gasteiger partial charge on any atom is -0.483 e. The third-order valence-corrected chi connectivity index (χ3v) is 5.07. The number of ether oxygens (including phenoxy) is 1. The maximum absolute atomic E-state index is 12.2. The first kappa shape index (κ1) is 24.8. The monoisotopic (exact) mass is 498 g/mol. The number of amides is 3. The number of nitrogens with one attached hydrogen (secondary N) is 3. The zero-order valence-electron chi connectivity index (χ0n) is 18.0. The molecule has 0 saturated heterocycles. The van der Waals surface area contributed by atoms with Gasteiger partial charge < -0.3 is 15.4 Å². The van der Waals surface area contributed by atoms with Crippen LogP contribution in [-0.2, 0) is 14.4 Å². The molecular formula is C24H20Cl2N4O4. The lowest BCUT2D eigenvalue weighted by atomic mass is 10.2. The molecule has 0 aliphatic heterocycles. The summed E-state index contributed by atoms with van der Waals surface area (Å²) in [5.41, 5.74) is 4.57. The number of rotatable bonds is 7. The third-order valence-electron chi connectivity index (χ3n) is 4.33. The van der Waals surface area contributed by atoms with E-state index in [1.54, 1.807) is 54.6 Å². The molecule has 3 N–H and O–H groups in total. The van der Waals surface area contributed by atoms with Crippen LogP contribution in [0.15, 0.2) is 71.8 Å². The number of hydrogen-bond donors (Lipinski definition) is 3. The standard InChI is InChI=1S/C24H20Cl2N4O4/c1-15-5-4-7-17(11-15)29-23(32)24(33)30-27-13-16-6-2-3-8-21(16)34-14-22(31)28-18-9-10-19(25)20(26)12-18/h2-13H,14H2,1H3,(H,28,31)(H,29,32)(H,30,33)/b27-13-. The molecule has 0 heterocycles. The molecule has 3 aromatic carbocycles. The summed E-state index contributed by atoms with van der Waals surface area (Å²) < 4.78 is 5.57. The van der Waals surface area contributed by atoms with Gasteiger partial charge in [-0.05, 0) is 55.0 Å². The molecule has 3 aromatic rings.